The maximum absolute atomic E-state index is 10.9. The van der Waals surface area contributed by atoms with Crippen molar-refractivity contribution in [2.24, 2.45) is 5.90 Å². The first-order valence-corrected chi connectivity index (χ1v) is 3.45. The van der Waals surface area contributed by atoms with Gasteiger partial charge in [0.15, 0.2) is 0 Å². The summed E-state index contributed by atoms with van der Waals surface area (Å²) in [7, 11) is 1.59. The Morgan fingerprint density at radius 1 is 1.42 bits per heavy atom. The van der Waals surface area contributed by atoms with Gasteiger partial charge in [0, 0.05) is 12.7 Å². The number of para-hydroxylation sites is 1. The number of benzene rings is 1. The average molecular weight is 166 g/mol. The number of hydrogen-bond acceptors (Lipinski definition) is 3. The molecule has 1 amide bonds. The predicted molar refractivity (Wildman–Crippen MR) is 45.5 cm³/mol. The van der Waals surface area contributed by atoms with Crippen LogP contribution in [0.1, 0.15) is 0 Å². The van der Waals surface area contributed by atoms with Crippen LogP contribution in [0.2, 0.25) is 0 Å². The molecule has 64 valence electrons. The van der Waals surface area contributed by atoms with Crippen molar-refractivity contribution in [1.82, 2.24) is 0 Å². The van der Waals surface area contributed by atoms with Crippen molar-refractivity contribution in [2.45, 2.75) is 0 Å². The van der Waals surface area contributed by atoms with E-state index in [1.807, 2.05) is 18.2 Å². The minimum absolute atomic E-state index is 0.582. The number of anilines is 1. The molecular weight excluding hydrogens is 156 g/mol. The van der Waals surface area contributed by atoms with Gasteiger partial charge in [0.05, 0.1) is 0 Å². The summed E-state index contributed by atoms with van der Waals surface area (Å²) in [6.07, 6.45) is -0.582. The van der Waals surface area contributed by atoms with E-state index in [1.165, 1.54) is 4.90 Å². The first kappa shape index (κ1) is 8.55. The largest absolute Gasteiger partial charge is 0.432 e. The molecule has 0 aliphatic rings. The van der Waals surface area contributed by atoms with E-state index in [4.69, 9.17) is 5.90 Å². The molecular formula is C8H10N2O2. The van der Waals surface area contributed by atoms with Gasteiger partial charge >= 0.3 is 6.09 Å². The smallest absolute Gasteiger partial charge is 0.356 e. The molecule has 0 spiro atoms. The van der Waals surface area contributed by atoms with Crippen molar-refractivity contribution in [3.05, 3.63) is 30.3 Å². The summed E-state index contributed by atoms with van der Waals surface area (Å²) in [4.78, 5) is 16.3. The second-order valence-corrected chi connectivity index (χ2v) is 2.28. The van der Waals surface area contributed by atoms with Crippen molar-refractivity contribution >= 4 is 11.8 Å². The number of hydrogen-bond donors (Lipinski definition) is 1. The van der Waals surface area contributed by atoms with E-state index in [-0.39, 0.29) is 0 Å². The lowest BCUT2D eigenvalue weighted by atomic mass is 10.3. The highest BCUT2D eigenvalue weighted by Crippen LogP contribution is 2.10. The number of carbonyl (C=O) groups excluding carboxylic acids is 1. The van der Waals surface area contributed by atoms with Crippen molar-refractivity contribution in [2.75, 3.05) is 11.9 Å². The maximum Gasteiger partial charge on any atom is 0.432 e. The van der Waals surface area contributed by atoms with E-state index >= 15 is 0 Å². The summed E-state index contributed by atoms with van der Waals surface area (Å²) in [6, 6.07) is 9.10. The molecule has 12 heavy (non-hydrogen) atoms. The Balaban J connectivity index is 2.78. The summed E-state index contributed by atoms with van der Waals surface area (Å²) in [5.74, 6) is 4.72. The third-order valence-corrected chi connectivity index (χ3v) is 1.52. The first-order chi connectivity index (χ1) is 5.75. The van der Waals surface area contributed by atoms with Crippen molar-refractivity contribution in [1.29, 1.82) is 0 Å². The van der Waals surface area contributed by atoms with Crippen LogP contribution in [0.4, 0.5) is 10.5 Å². The van der Waals surface area contributed by atoms with Crippen LogP contribution >= 0.6 is 0 Å². The summed E-state index contributed by atoms with van der Waals surface area (Å²) < 4.78 is 0. The Bertz CT molecular complexity index is 261. The zero-order valence-electron chi connectivity index (χ0n) is 6.73. The highest BCUT2D eigenvalue weighted by Gasteiger charge is 2.09. The fourth-order valence-corrected chi connectivity index (χ4v) is 0.836. The monoisotopic (exact) mass is 166 g/mol. The van der Waals surface area contributed by atoms with Gasteiger partial charge in [-0.2, -0.15) is 5.90 Å². The minimum atomic E-state index is -0.582. The number of rotatable bonds is 1. The van der Waals surface area contributed by atoms with E-state index in [2.05, 4.69) is 4.84 Å². The Morgan fingerprint density at radius 2 is 2.00 bits per heavy atom. The Kier molecular flexibility index (Phi) is 2.66. The molecule has 0 aliphatic carbocycles. The quantitative estimate of drug-likeness (QED) is 0.636. The van der Waals surface area contributed by atoms with E-state index in [0.29, 0.717) is 0 Å². The molecule has 0 unspecified atom stereocenters. The number of nitrogens with zero attached hydrogens (tertiary/aromatic N) is 1. The molecule has 0 aliphatic heterocycles. The van der Waals surface area contributed by atoms with Crippen LogP contribution in [0.5, 0.6) is 0 Å². The lowest BCUT2D eigenvalue weighted by molar-refractivity contribution is 0.157. The van der Waals surface area contributed by atoms with Gasteiger partial charge < -0.3 is 4.84 Å². The highest BCUT2D eigenvalue weighted by atomic mass is 16.7. The van der Waals surface area contributed by atoms with Crippen LogP contribution in [0, 0.1) is 0 Å². The molecule has 4 heteroatoms. The van der Waals surface area contributed by atoms with Crippen LogP contribution in [0.25, 0.3) is 0 Å². The van der Waals surface area contributed by atoms with Gasteiger partial charge in [-0.1, -0.05) is 18.2 Å². The van der Waals surface area contributed by atoms with Crippen LogP contribution in [0.3, 0.4) is 0 Å². The van der Waals surface area contributed by atoms with Crippen LogP contribution in [-0.4, -0.2) is 13.1 Å². The maximum atomic E-state index is 10.9. The molecule has 1 aromatic carbocycles. The van der Waals surface area contributed by atoms with Crippen molar-refractivity contribution in [3.8, 4) is 0 Å². The standard InChI is InChI=1S/C8H10N2O2/c1-10(8(11)12-9)7-5-3-2-4-6-7/h2-6H,9H2,1H3. The SMILES string of the molecule is CN(C(=O)ON)c1ccccc1. The second kappa shape index (κ2) is 3.73. The zero-order chi connectivity index (χ0) is 8.97. The molecule has 2 N–H and O–H groups in total. The van der Waals surface area contributed by atoms with Crippen molar-refractivity contribution in [3.63, 3.8) is 0 Å². The lowest BCUT2D eigenvalue weighted by Gasteiger charge is -2.13. The molecule has 4 nitrogen and oxygen atoms in total. The van der Waals surface area contributed by atoms with Crippen LogP contribution in [-0.2, 0) is 4.84 Å². The normalized spacial score (nSPS) is 9.17. The van der Waals surface area contributed by atoms with Gasteiger partial charge in [-0.25, -0.2) is 4.79 Å². The number of nitrogens with two attached hydrogens (primary N) is 1. The third-order valence-electron chi connectivity index (χ3n) is 1.52. The second-order valence-electron chi connectivity index (χ2n) is 2.28. The minimum Gasteiger partial charge on any atom is -0.356 e. The van der Waals surface area contributed by atoms with Gasteiger partial charge in [-0.15, -0.1) is 0 Å². The first-order valence-electron chi connectivity index (χ1n) is 3.45. The van der Waals surface area contributed by atoms with Crippen molar-refractivity contribution < 1.29 is 9.63 Å². The third kappa shape index (κ3) is 1.73. The molecule has 1 aromatic rings. The summed E-state index contributed by atoms with van der Waals surface area (Å²) in [5.41, 5.74) is 0.743. The average Bonchev–Trinajstić information content (AvgIpc) is 2.17. The number of carbonyl (C=O) groups is 1. The van der Waals surface area contributed by atoms with Gasteiger partial charge in [0.1, 0.15) is 0 Å². The molecule has 0 atom stereocenters. The molecule has 0 heterocycles. The fourth-order valence-electron chi connectivity index (χ4n) is 0.836. The molecule has 1 rings (SSSR count). The van der Waals surface area contributed by atoms with Gasteiger partial charge in [0.25, 0.3) is 0 Å². The lowest BCUT2D eigenvalue weighted by Crippen LogP contribution is -2.29. The molecule has 0 saturated carbocycles. The summed E-state index contributed by atoms with van der Waals surface area (Å²) >= 11 is 0. The topological polar surface area (TPSA) is 55.6 Å². The molecule has 0 bridgehead atoms. The van der Waals surface area contributed by atoms with E-state index in [0.717, 1.165) is 5.69 Å². The summed E-state index contributed by atoms with van der Waals surface area (Å²) in [6.45, 7) is 0. The van der Waals surface area contributed by atoms with E-state index < -0.39 is 6.09 Å². The predicted octanol–water partition coefficient (Wildman–Crippen LogP) is 1.13. The van der Waals surface area contributed by atoms with Gasteiger partial charge in [0.2, 0.25) is 0 Å². The van der Waals surface area contributed by atoms with Crippen LogP contribution in [0.15, 0.2) is 30.3 Å². The molecule has 0 aromatic heterocycles. The zero-order valence-corrected chi connectivity index (χ0v) is 6.73. The number of amides is 1. The Morgan fingerprint density at radius 3 is 2.50 bits per heavy atom. The van der Waals surface area contributed by atoms with E-state index in [9.17, 15) is 4.79 Å². The van der Waals surface area contributed by atoms with E-state index in [1.54, 1.807) is 19.2 Å². The molecule has 0 radical (unpaired) electrons. The molecule has 0 saturated heterocycles. The van der Waals surface area contributed by atoms with Gasteiger partial charge in [-0.3, -0.25) is 4.90 Å². The Labute approximate surface area is 70.5 Å². The summed E-state index contributed by atoms with van der Waals surface area (Å²) in [5, 5.41) is 0. The Hall–Kier alpha value is -1.55. The molecule has 0 fully saturated rings. The fraction of sp³-hybridized carbons (Fsp3) is 0.125. The van der Waals surface area contributed by atoms with Gasteiger partial charge in [-0.05, 0) is 12.1 Å². The highest BCUT2D eigenvalue weighted by molar-refractivity contribution is 5.86. The van der Waals surface area contributed by atoms with Crippen LogP contribution < -0.4 is 10.8 Å².